The largest absolute Gasteiger partial charge is 0.394 e. The highest BCUT2D eigenvalue weighted by atomic mass is 32.2. The predicted octanol–water partition coefficient (Wildman–Crippen LogP) is 1.34. The Morgan fingerprint density at radius 1 is 1.05 bits per heavy atom. The third-order valence-corrected chi connectivity index (χ3v) is 6.80. The molecular weight excluding hydrogens is 264 g/mol. The molecule has 6 heteroatoms. The van der Waals surface area contributed by atoms with Gasteiger partial charge >= 0.3 is 0 Å². The van der Waals surface area contributed by atoms with Gasteiger partial charge < -0.3 is 5.11 Å². The second-order valence-corrected chi connectivity index (χ2v) is 7.59. The molecule has 0 amide bonds. The van der Waals surface area contributed by atoms with Crippen LogP contribution in [0.5, 0.6) is 0 Å². The Bertz CT molecular complexity index is 385. The molecule has 0 aliphatic carbocycles. The van der Waals surface area contributed by atoms with Crippen molar-refractivity contribution < 1.29 is 13.5 Å². The summed E-state index contributed by atoms with van der Waals surface area (Å²) in [5.41, 5.74) is -0.564. The molecule has 2 fully saturated rings. The normalized spacial score (nSPS) is 31.5. The van der Waals surface area contributed by atoms with Crippen LogP contribution < -0.4 is 0 Å². The van der Waals surface area contributed by atoms with Gasteiger partial charge in [-0.05, 0) is 32.1 Å². The van der Waals surface area contributed by atoms with Crippen LogP contribution in [-0.2, 0) is 10.2 Å². The van der Waals surface area contributed by atoms with Crippen LogP contribution in [0.2, 0.25) is 0 Å². The minimum atomic E-state index is -3.41. The Kier molecular flexibility index (Phi) is 4.87. The summed E-state index contributed by atoms with van der Waals surface area (Å²) in [6, 6.07) is 0. The van der Waals surface area contributed by atoms with Crippen molar-refractivity contribution in [1.82, 2.24) is 8.61 Å². The molecule has 1 N–H and O–H groups in total. The fraction of sp³-hybridized carbons (Fsp3) is 1.00. The van der Waals surface area contributed by atoms with Crippen LogP contribution in [0.3, 0.4) is 0 Å². The summed E-state index contributed by atoms with van der Waals surface area (Å²) in [5, 5.41) is 9.68. The molecule has 2 rings (SSSR count). The Balaban J connectivity index is 2.22. The van der Waals surface area contributed by atoms with Crippen molar-refractivity contribution in [1.29, 1.82) is 0 Å². The van der Waals surface area contributed by atoms with Gasteiger partial charge in [0.2, 0.25) is 0 Å². The molecule has 2 saturated heterocycles. The zero-order chi connectivity index (χ0) is 13.9. The standard InChI is InChI=1S/C13H26N2O3S/c1-2-13(12-16)8-7-11-15(13)19(17,18)14-9-5-3-4-6-10-14/h16H,2-12H2,1H3/t13-/m1/s1. The first-order chi connectivity index (χ1) is 9.07. The third kappa shape index (κ3) is 2.82. The van der Waals surface area contributed by atoms with Gasteiger partial charge in [0.1, 0.15) is 0 Å². The molecule has 0 aromatic heterocycles. The molecule has 0 unspecified atom stereocenters. The van der Waals surface area contributed by atoms with Crippen LogP contribution in [0.1, 0.15) is 51.9 Å². The van der Waals surface area contributed by atoms with Crippen molar-refractivity contribution in [3.05, 3.63) is 0 Å². The number of hydrogen-bond acceptors (Lipinski definition) is 3. The highest BCUT2D eigenvalue weighted by Gasteiger charge is 2.47. The lowest BCUT2D eigenvalue weighted by Crippen LogP contribution is -2.54. The van der Waals surface area contributed by atoms with E-state index >= 15 is 0 Å². The molecule has 0 saturated carbocycles. The van der Waals surface area contributed by atoms with E-state index in [-0.39, 0.29) is 6.61 Å². The third-order valence-electron chi connectivity index (χ3n) is 4.65. The van der Waals surface area contributed by atoms with Crippen LogP contribution in [-0.4, -0.2) is 53.9 Å². The Morgan fingerprint density at radius 2 is 1.68 bits per heavy atom. The van der Waals surface area contributed by atoms with Crippen LogP contribution in [0.25, 0.3) is 0 Å². The molecule has 2 aliphatic heterocycles. The van der Waals surface area contributed by atoms with Crippen LogP contribution in [0.15, 0.2) is 0 Å². The van der Waals surface area contributed by atoms with Gasteiger partial charge in [-0.25, -0.2) is 0 Å². The molecule has 0 spiro atoms. The predicted molar refractivity (Wildman–Crippen MR) is 75.0 cm³/mol. The van der Waals surface area contributed by atoms with E-state index in [0.717, 1.165) is 38.5 Å². The van der Waals surface area contributed by atoms with Gasteiger partial charge in [0.25, 0.3) is 10.2 Å². The van der Waals surface area contributed by atoms with E-state index in [0.29, 0.717) is 26.1 Å². The second-order valence-electron chi connectivity index (χ2n) is 5.73. The minimum absolute atomic E-state index is 0.0728. The van der Waals surface area contributed by atoms with E-state index in [2.05, 4.69) is 0 Å². The summed E-state index contributed by atoms with van der Waals surface area (Å²) >= 11 is 0. The number of aliphatic hydroxyl groups is 1. The van der Waals surface area contributed by atoms with Crippen LogP contribution in [0, 0.1) is 0 Å². The zero-order valence-electron chi connectivity index (χ0n) is 11.8. The lowest BCUT2D eigenvalue weighted by molar-refractivity contribution is 0.111. The molecule has 2 heterocycles. The van der Waals surface area contributed by atoms with Crippen molar-refractivity contribution in [2.75, 3.05) is 26.2 Å². The van der Waals surface area contributed by atoms with Crippen LogP contribution >= 0.6 is 0 Å². The lowest BCUT2D eigenvalue weighted by atomic mass is 9.96. The molecule has 0 aromatic carbocycles. The van der Waals surface area contributed by atoms with Gasteiger partial charge in [-0.2, -0.15) is 17.0 Å². The maximum Gasteiger partial charge on any atom is 0.282 e. The molecule has 0 bridgehead atoms. The molecule has 112 valence electrons. The number of rotatable bonds is 4. The topological polar surface area (TPSA) is 60.9 Å². The zero-order valence-corrected chi connectivity index (χ0v) is 12.7. The SMILES string of the molecule is CC[C@]1(CO)CCCN1S(=O)(=O)N1CCCCCC1. The van der Waals surface area contributed by atoms with Gasteiger partial charge in [0.15, 0.2) is 0 Å². The Labute approximate surface area is 116 Å². The second kappa shape index (κ2) is 6.08. The number of hydrogen-bond donors (Lipinski definition) is 1. The summed E-state index contributed by atoms with van der Waals surface area (Å²) in [6.07, 6.45) is 6.43. The molecule has 2 aliphatic rings. The van der Waals surface area contributed by atoms with Crippen molar-refractivity contribution >= 4 is 10.2 Å². The molecule has 1 atom stereocenters. The summed E-state index contributed by atoms with van der Waals surface area (Å²) < 4.78 is 28.8. The van der Waals surface area contributed by atoms with E-state index in [1.165, 1.54) is 0 Å². The first-order valence-corrected chi connectivity index (χ1v) is 8.85. The smallest absolute Gasteiger partial charge is 0.282 e. The minimum Gasteiger partial charge on any atom is -0.394 e. The highest BCUT2D eigenvalue weighted by molar-refractivity contribution is 7.86. The average molecular weight is 290 g/mol. The van der Waals surface area contributed by atoms with Gasteiger partial charge in [0.05, 0.1) is 12.1 Å². The Morgan fingerprint density at radius 3 is 2.21 bits per heavy atom. The average Bonchev–Trinajstić information content (AvgIpc) is 2.65. The van der Waals surface area contributed by atoms with E-state index in [1.807, 2.05) is 6.92 Å². The molecule has 5 nitrogen and oxygen atoms in total. The van der Waals surface area contributed by atoms with Crippen molar-refractivity contribution in [3.63, 3.8) is 0 Å². The first-order valence-electron chi connectivity index (χ1n) is 7.45. The summed E-state index contributed by atoms with van der Waals surface area (Å²) in [6.45, 7) is 3.70. The highest BCUT2D eigenvalue weighted by Crippen LogP contribution is 2.35. The number of aliphatic hydroxyl groups excluding tert-OH is 1. The van der Waals surface area contributed by atoms with Gasteiger partial charge in [-0.3, -0.25) is 0 Å². The Hall–Kier alpha value is -0.170. The summed E-state index contributed by atoms with van der Waals surface area (Å²) in [5.74, 6) is 0. The maximum absolute atomic E-state index is 12.8. The maximum atomic E-state index is 12.8. The van der Waals surface area contributed by atoms with Crippen molar-refractivity contribution in [2.45, 2.75) is 57.4 Å². The monoisotopic (exact) mass is 290 g/mol. The van der Waals surface area contributed by atoms with Crippen molar-refractivity contribution in [2.24, 2.45) is 0 Å². The van der Waals surface area contributed by atoms with Gasteiger partial charge in [-0.1, -0.05) is 19.8 Å². The van der Waals surface area contributed by atoms with E-state index in [9.17, 15) is 13.5 Å². The van der Waals surface area contributed by atoms with Gasteiger partial charge in [-0.15, -0.1) is 0 Å². The van der Waals surface area contributed by atoms with Crippen LogP contribution in [0.4, 0.5) is 0 Å². The fourth-order valence-electron chi connectivity index (χ4n) is 3.31. The number of nitrogens with zero attached hydrogens (tertiary/aromatic N) is 2. The summed E-state index contributed by atoms with van der Waals surface area (Å²) in [7, 11) is -3.41. The van der Waals surface area contributed by atoms with E-state index in [1.54, 1.807) is 8.61 Å². The fourth-order valence-corrected chi connectivity index (χ4v) is 5.43. The van der Waals surface area contributed by atoms with E-state index in [4.69, 9.17) is 0 Å². The molecule has 0 aromatic rings. The molecular formula is C13H26N2O3S. The molecule has 0 radical (unpaired) electrons. The van der Waals surface area contributed by atoms with E-state index < -0.39 is 15.7 Å². The lowest BCUT2D eigenvalue weighted by Gasteiger charge is -2.38. The van der Waals surface area contributed by atoms with Crippen molar-refractivity contribution in [3.8, 4) is 0 Å². The quantitative estimate of drug-likeness (QED) is 0.850. The van der Waals surface area contributed by atoms with Gasteiger partial charge in [0, 0.05) is 19.6 Å². The first kappa shape index (κ1) is 15.2. The molecule has 19 heavy (non-hydrogen) atoms. The summed E-state index contributed by atoms with van der Waals surface area (Å²) in [4.78, 5) is 0.